The summed E-state index contributed by atoms with van der Waals surface area (Å²) in [6.45, 7) is 2.02. The van der Waals surface area contributed by atoms with Crippen molar-refractivity contribution in [3.63, 3.8) is 0 Å². The van der Waals surface area contributed by atoms with Gasteiger partial charge >= 0.3 is 0 Å². The van der Waals surface area contributed by atoms with E-state index in [2.05, 4.69) is 10.1 Å². The smallest absolute Gasteiger partial charge is 0.227 e. The van der Waals surface area contributed by atoms with Gasteiger partial charge in [-0.3, -0.25) is 4.79 Å². The fourth-order valence-electron chi connectivity index (χ4n) is 2.59. The molecule has 1 atom stereocenters. The van der Waals surface area contributed by atoms with E-state index in [1.165, 1.54) is 6.33 Å². The molecule has 0 N–H and O–H groups in total. The molecule has 0 aliphatic rings. The van der Waals surface area contributed by atoms with Crippen LogP contribution in [0.15, 0.2) is 61.2 Å². The maximum atomic E-state index is 12.5. The van der Waals surface area contributed by atoms with Crippen LogP contribution in [0, 0.1) is 0 Å². The average molecular weight is 355 g/mol. The lowest BCUT2D eigenvalue weighted by Gasteiger charge is -2.25. The lowest BCUT2D eigenvalue weighted by molar-refractivity contribution is -0.131. The Morgan fingerprint density at radius 3 is 2.44 bits per heavy atom. The summed E-state index contributed by atoms with van der Waals surface area (Å²) in [5.74, 6) is 0.0650. The maximum Gasteiger partial charge on any atom is 0.227 e. The molecule has 0 aliphatic heterocycles. The molecule has 6 heteroatoms. The summed E-state index contributed by atoms with van der Waals surface area (Å²) < 4.78 is 1.70. The lowest BCUT2D eigenvalue weighted by Crippen LogP contribution is -2.30. The highest BCUT2D eigenvalue weighted by Crippen LogP contribution is 2.21. The van der Waals surface area contributed by atoms with Crippen LogP contribution in [0.5, 0.6) is 0 Å². The molecule has 128 valence electrons. The summed E-state index contributed by atoms with van der Waals surface area (Å²) >= 11 is 5.89. The van der Waals surface area contributed by atoms with Crippen LogP contribution < -0.4 is 0 Å². The summed E-state index contributed by atoms with van der Waals surface area (Å²) in [5.41, 5.74) is 2.95. The second kappa shape index (κ2) is 7.49. The Bertz CT molecular complexity index is 829. The number of rotatable bonds is 5. The molecule has 0 spiro atoms. The van der Waals surface area contributed by atoms with Gasteiger partial charge in [0.25, 0.3) is 0 Å². The van der Waals surface area contributed by atoms with Crippen molar-refractivity contribution >= 4 is 17.5 Å². The van der Waals surface area contributed by atoms with E-state index in [4.69, 9.17) is 11.6 Å². The summed E-state index contributed by atoms with van der Waals surface area (Å²) in [6.07, 6.45) is 3.51. The lowest BCUT2D eigenvalue weighted by atomic mass is 10.1. The molecule has 0 fully saturated rings. The number of aromatic nitrogens is 3. The third-order valence-corrected chi connectivity index (χ3v) is 4.55. The maximum absolute atomic E-state index is 12.5. The molecule has 3 rings (SSSR count). The number of carbonyl (C=O) groups excluding carboxylic acids is 1. The molecule has 0 unspecified atom stereocenters. The SMILES string of the molecule is C[C@H](c1ccc(-n2cncn2)cc1)N(C)C(=O)Cc1ccc(Cl)cc1. The fourth-order valence-corrected chi connectivity index (χ4v) is 2.71. The largest absolute Gasteiger partial charge is 0.339 e. The Labute approximate surface area is 151 Å². The van der Waals surface area contributed by atoms with E-state index in [0.29, 0.717) is 11.4 Å². The first-order valence-corrected chi connectivity index (χ1v) is 8.37. The Morgan fingerprint density at radius 1 is 1.16 bits per heavy atom. The molecule has 1 heterocycles. The highest BCUT2D eigenvalue weighted by molar-refractivity contribution is 6.30. The number of likely N-dealkylation sites (N-methyl/N-ethyl adjacent to an activating group) is 1. The number of benzene rings is 2. The van der Waals surface area contributed by atoms with Gasteiger partial charge < -0.3 is 4.90 Å². The molecule has 0 aliphatic carbocycles. The van der Waals surface area contributed by atoms with E-state index in [-0.39, 0.29) is 11.9 Å². The van der Waals surface area contributed by atoms with Crippen molar-refractivity contribution in [3.05, 3.63) is 77.3 Å². The van der Waals surface area contributed by atoms with E-state index in [9.17, 15) is 4.79 Å². The van der Waals surface area contributed by atoms with Crippen molar-refractivity contribution in [2.24, 2.45) is 0 Å². The van der Waals surface area contributed by atoms with Gasteiger partial charge in [-0.05, 0) is 42.3 Å². The summed E-state index contributed by atoms with van der Waals surface area (Å²) in [7, 11) is 1.83. The predicted octanol–water partition coefficient (Wildman–Crippen LogP) is 3.68. The van der Waals surface area contributed by atoms with Crippen LogP contribution in [0.1, 0.15) is 24.1 Å². The second-order valence-corrected chi connectivity index (χ2v) is 6.35. The minimum atomic E-state index is -0.0235. The minimum Gasteiger partial charge on any atom is -0.339 e. The number of hydrogen-bond donors (Lipinski definition) is 0. The van der Waals surface area contributed by atoms with Gasteiger partial charge in [-0.1, -0.05) is 35.9 Å². The molecule has 1 aromatic heterocycles. The highest BCUT2D eigenvalue weighted by Gasteiger charge is 2.17. The third-order valence-electron chi connectivity index (χ3n) is 4.30. The van der Waals surface area contributed by atoms with Gasteiger partial charge in [0, 0.05) is 12.1 Å². The van der Waals surface area contributed by atoms with E-state index in [1.54, 1.807) is 28.0 Å². The van der Waals surface area contributed by atoms with Gasteiger partial charge in [0.2, 0.25) is 5.91 Å². The number of hydrogen-bond acceptors (Lipinski definition) is 3. The molecule has 0 radical (unpaired) electrons. The minimum absolute atomic E-state index is 0.0235. The van der Waals surface area contributed by atoms with Crippen molar-refractivity contribution in [2.45, 2.75) is 19.4 Å². The number of halogens is 1. The van der Waals surface area contributed by atoms with Crippen molar-refractivity contribution in [1.29, 1.82) is 0 Å². The highest BCUT2D eigenvalue weighted by atomic mass is 35.5. The van der Waals surface area contributed by atoms with Crippen molar-refractivity contribution in [1.82, 2.24) is 19.7 Å². The van der Waals surface area contributed by atoms with Gasteiger partial charge in [0.1, 0.15) is 12.7 Å². The van der Waals surface area contributed by atoms with Crippen LogP contribution in [0.3, 0.4) is 0 Å². The van der Waals surface area contributed by atoms with Gasteiger partial charge in [0.15, 0.2) is 0 Å². The molecule has 2 aromatic carbocycles. The fraction of sp³-hybridized carbons (Fsp3) is 0.211. The van der Waals surface area contributed by atoms with Crippen LogP contribution in [0.2, 0.25) is 5.02 Å². The second-order valence-electron chi connectivity index (χ2n) is 5.92. The molecule has 3 aromatic rings. The molecule has 5 nitrogen and oxygen atoms in total. The molecular weight excluding hydrogens is 336 g/mol. The van der Waals surface area contributed by atoms with Crippen LogP contribution in [-0.4, -0.2) is 32.6 Å². The van der Waals surface area contributed by atoms with Crippen molar-refractivity contribution in [3.8, 4) is 5.69 Å². The Kier molecular flexibility index (Phi) is 5.14. The Balaban J connectivity index is 1.67. The van der Waals surface area contributed by atoms with Gasteiger partial charge in [-0.15, -0.1) is 0 Å². The van der Waals surface area contributed by atoms with Crippen molar-refractivity contribution < 1.29 is 4.79 Å². The van der Waals surface area contributed by atoms with Crippen LogP contribution in [-0.2, 0) is 11.2 Å². The Morgan fingerprint density at radius 2 is 1.84 bits per heavy atom. The summed E-state index contributed by atoms with van der Waals surface area (Å²) in [6, 6.07) is 15.3. The number of carbonyl (C=O) groups is 1. The molecule has 1 amide bonds. The van der Waals surface area contributed by atoms with Crippen LogP contribution in [0.25, 0.3) is 5.69 Å². The summed E-state index contributed by atoms with van der Waals surface area (Å²) in [4.78, 5) is 18.2. The molecule has 25 heavy (non-hydrogen) atoms. The van der Waals surface area contributed by atoms with Gasteiger partial charge in [-0.25, -0.2) is 9.67 Å². The van der Waals surface area contributed by atoms with Gasteiger partial charge in [-0.2, -0.15) is 5.10 Å². The topological polar surface area (TPSA) is 51.0 Å². The van der Waals surface area contributed by atoms with E-state index in [0.717, 1.165) is 16.8 Å². The zero-order valence-corrected chi connectivity index (χ0v) is 14.9. The predicted molar refractivity (Wildman–Crippen MR) is 97.7 cm³/mol. The number of nitrogens with zero attached hydrogens (tertiary/aromatic N) is 4. The quantitative estimate of drug-likeness (QED) is 0.702. The first-order chi connectivity index (χ1) is 12.0. The third kappa shape index (κ3) is 4.06. The molecule has 0 saturated carbocycles. The van der Waals surface area contributed by atoms with E-state index < -0.39 is 0 Å². The molecular formula is C19H19ClN4O. The Hall–Kier alpha value is -2.66. The number of amides is 1. The molecule has 0 bridgehead atoms. The van der Waals surface area contributed by atoms with Crippen LogP contribution >= 0.6 is 11.6 Å². The summed E-state index contributed by atoms with van der Waals surface area (Å²) in [5, 5.41) is 4.78. The molecule has 0 saturated heterocycles. The first-order valence-electron chi connectivity index (χ1n) is 7.99. The van der Waals surface area contributed by atoms with Gasteiger partial charge in [0.05, 0.1) is 18.2 Å². The standard InChI is InChI=1S/C19H19ClN4O/c1-14(16-5-9-18(10-6-16)24-13-21-12-22-24)23(2)19(25)11-15-3-7-17(20)8-4-15/h3-10,12-14H,11H2,1-2H3/t14-/m1/s1. The van der Waals surface area contributed by atoms with E-state index in [1.807, 2.05) is 50.4 Å². The van der Waals surface area contributed by atoms with E-state index >= 15 is 0 Å². The zero-order chi connectivity index (χ0) is 17.8. The monoisotopic (exact) mass is 354 g/mol. The van der Waals surface area contributed by atoms with Crippen molar-refractivity contribution in [2.75, 3.05) is 7.05 Å². The normalized spacial score (nSPS) is 12.0. The average Bonchev–Trinajstić information content (AvgIpc) is 3.17. The zero-order valence-electron chi connectivity index (χ0n) is 14.1. The van der Waals surface area contributed by atoms with Crippen LogP contribution in [0.4, 0.5) is 0 Å². The first kappa shape index (κ1) is 17.2.